The van der Waals surface area contributed by atoms with Gasteiger partial charge in [-0.2, -0.15) is 5.10 Å². The van der Waals surface area contributed by atoms with E-state index in [-0.39, 0.29) is 0 Å². The first kappa shape index (κ1) is 21.9. The summed E-state index contributed by atoms with van der Waals surface area (Å²) >= 11 is 0. The van der Waals surface area contributed by atoms with Crippen LogP contribution in [0.4, 0.5) is 4.39 Å². The molecule has 0 aliphatic heterocycles. The van der Waals surface area contributed by atoms with Gasteiger partial charge in [-0.05, 0) is 24.6 Å². The van der Waals surface area contributed by atoms with Crippen molar-refractivity contribution < 1.29 is 4.39 Å². The summed E-state index contributed by atoms with van der Waals surface area (Å²) in [6.07, 6.45) is 7.87. The zero-order chi connectivity index (χ0) is 17.4. The van der Waals surface area contributed by atoms with E-state index in [4.69, 9.17) is 0 Å². The Kier molecular flexibility index (Phi) is 14.9. The van der Waals surface area contributed by atoms with E-state index in [0.29, 0.717) is 7.18 Å². The maximum atomic E-state index is 9.50. The van der Waals surface area contributed by atoms with Crippen LogP contribution in [-0.2, 0) is 0 Å². The van der Waals surface area contributed by atoms with E-state index in [0.717, 1.165) is 22.2 Å². The molecule has 22 heavy (non-hydrogen) atoms. The predicted octanol–water partition coefficient (Wildman–Crippen LogP) is 6.12. The fourth-order valence-corrected chi connectivity index (χ4v) is 1.57. The Hall–Kier alpha value is -2.42. The van der Waals surface area contributed by atoms with Gasteiger partial charge >= 0.3 is 0 Å². The third-order valence-electron chi connectivity index (χ3n) is 2.34. The molecule has 0 fully saturated rings. The van der Waals surface area contributed by atoms with E-state index in [1.807, 2.05) is 63.3 Å². The second kappa shape index (κ2) is 15.0. The minimum atomic E-state index is 0.500. The van der Waals surface area contributed by atoms with E-state index >= 15 is 0 Å². The van der Waals surface area contributed by atoms with E-state index in [2.05, 4.69) is 36.0 Å². The van der Waals surface area contributed by atoms with Crippen LogP contribution in [0.1, 0.15) is 26.5 Å². The van der Waals surface area contributed by atoms with Crippen LogP contribution in [-0.4, -0.2) is 17.4 Å². The van der Waals surface area contributed by atoms with Gasteiger partial charge in [-0.1, -0.05) is 56.9 Å². The molecule has 0 bridgehead atoms. The maximum Gasteiger partial charge on any atom is 0.0927 e. The molecule has 2 aromatic rings. The molecule has 0 radical (unpaired) electrons. The number of aromatic amines is 1. The molecule has 0 spiro atoms. The largest absolute Gasteiger partial charge is 0.277 e. The summed E-state index contributed by atoms with van der Waals surface area (Å²) in [7, 11) is 0.500. The fourth-order valence-electron chi connectivity index (χ4n) is 1.57. The van der Waals surface area contributed by atoms with Crippen molar-refractivity contribution in [3.63, 3.8) is 0 Å². The van der Waals surface area contributed by atoms with Crippen LogP contribution in [0.2, 0.25) is 0 Å². The highest BCUT2D eigenvalue weighted by Gasteiger charge is 1.99. The lowest BCUT2D eigenvalue weighted by atomic mass is 10.2. The molecule has 0 aliphatic rings. The Morgan fingerprint density at radius 1 is 1.14 bits per heavy atom. The number of fused-ring (bicyclic) bond motifs is 1. The van der Waals surface area contributed by atoms with Crippen LogP contribution in [0, 0.1) is 0 Å². The van der Waals surface area contributed by atoms with E-state index in [1.165, 1.54) is 0 Å². The van der Waals surface area contributed by atoms with Crippen molar-refractivity contribution in [2.45, 2.75) is 20.8 Å². The van der Waals surface area contributed by atoms with Crippen LogP contribution in [0.5, 0.6) is 0 Å². The van der Waals surface area contributed by atoms with Gasteiger partial charge < -0.3 is 0 Å². The molecule has 120 valence electrons. The number of halogens is 1. The monoisotopic (exact) mass is 302 g/mol. The van der Waals surface area contributed by atoms with Gasteiger partial charge in [-0.25, -0.2) is 0 Å². The molecule has 0 atom stereocenters. The Morgan fingerprint density at radius 3 is 2.32 bits per heavy atom. The Balaban J connectivity index is 0. The summed E-state index contributed by atoms with van der Waals surface area (Å²) in [6, 6.07) is 8.07. The second-order valence-electron chi connectivity index (χ2n) is 3.56. The summed E-state index contributed by atoms with van der Waals surface area (Å²) in [4.78, 5) is 0. The van der Waals surface area contributed by atoms with Crippen molar-refractivity contribution in [2.24, 2.45) is 0 Å². The molecule has 0 aliphatic carbocycles. The van der Waals surface area contributed by atoms with Gasteiger partial charge in [0.15, 0.2) is 0 Å². The van der Waals surface area contributed by atoms with E-state index < -0.39 is 0 Å². The topological polar surface area (TPSA) is 28.7 Å². The van der Waals surface area contributed by atoms with Crippen molar-refractivity contribution in [1.29, 1.82) is 0 Å². The lowest BCUT2D eigenvalue weighted by Crippen LogP contribution is -1.73. The molecule has 1 heterocycles. The summed E-state index contributed by atoms with van der Waals surface area (Å²) in [5.41, 5.74) is 2.97. The smallest absolute Gasteiger partial charge is 0.0927 e. The molecule has 1 N–H and O–H groups in total. The van der Waals surface area contributed by atoms with Gasteiger partial charge in [0, 0.05) is 5.39 Å². The number of allylic oxidation sites excluding steroid dienone is 4. The minimum Gasteiger partial charge on any atom is -0.277 e. The first-order chi connectivity index (χ1) is 10.8. The molecular weight excluding hydrogens is 275 g/mol. The van der Waals surface area contributed by atoms with Crippen molar-refractivity contribution in [1.82, 2.24) is 10.2 Å². The first-order valence-electron chi connectivity index (χ1n) is 7.12. The molecule has 0 saturated carbocycles. The zero-order valence-corrected chi connectivity index (χ0v) is 14.1. The molecule has 0 saturated heterocycles. The third-order valence-corrected chi connectivity index (χ3v) is 2.34. The van der Waals surface area contributed by atoms with Crippen molar-refractivity contribution in [3.05, 3.63) is 73.5 Å². The fraction of sp³-hybridized carbons (Fsp3) is 0.211. The Labute approximate surface area is 133 Å². The van der Waals surface area contributed by atoms with Gasteiger partial charge in [0.1, 0.15) is 0 Å². The van der Waals surface area contributed by atoms with Gasteiger partial charge in [0.25, 0.3) is 0 Å². The number of hydrogen-bond donors (Lipinski definition) is 1. The highest BCUT2D eigenvalue weighted by atomic mass is 19.1. The molecule has 3 heteroatoms. The van der Waals surface area contributed by atoms with Gasteiger partial charge in [-0.15, -0.1) is 13.2 Å². The quantitative estimate of drug-likeness (QED) is 0.537. The van der Waals surface area contributed by atoms with Crippen LogP contribution in [0.15, 0.2) is 67.8 Å². The number of H-pyrrole nitrogens is 1. The highest BCUT2D eigenvalue weighted by molar-refractivity contribution is 5.86. The number of nitrogens with zero attached hydrogens (tertiary/aromatic N) is 1. The predicted molar refractivity (Wildman–Crippen MR) is 98.7 cm³/mol. The average Bonchev–Trinajstić information content (AvgIpc) is 3.02. The van der Waals surface area contributed by atoms with E-state index in [9.17, 15) is 4.39 Å². The van der Waals surface area contributed by atoms with Crippen molar-refractivity contribution in [2.75, 3.05) is 7.18 Å². The Bertz CT molecular complexity index is 580. The van der Waals surface area contributed by atoms with Crippen molar-refractivity contribution >= 4 is 17.0 Å². The van der Waals surface area contributed by atoms with Crippen LogP contribution >= 0.6 is 0 Å². The number of aromatic nitrogens is 2. The minimum absolute atomic E-state index is 0.500. The highest BCUT2D eigenvalue weighted by Crippen LogP contribution is 2.16. The standard InChI is InChI=1S/C14H14N2.C2H6.C2H4.CH3F/c1-3-6-11(2)9-10-14-12-7-4-5-8-13(12)15-16-14;3*1-2/h3-10H,2H2,1H3,(H,15,16);1-2H3;1-2H2;1H3/b6-3-,10-9+;;;. The summed E-state index contributed by atoms with van der Waals surface area (Å²) < 4.78 is 9.50. The molecular formula is C19H27FN2. The van der Waals surface area contributed by atoms with E-state index in [1.54, 1.807) is 0 Å². The number of rotatable bonds is 3. The number of alkyl halides is 1. The SMILES string of the molecule is C=C.C=C(/C=C\C)/C=C/c1n[nH]c2ccccc12.CC.CF. The van der Waals surface area contributed by atoms with Gasteiger partial charge in [-0.3, -0.25) is 9.49 Å². The lowest BCUT2D eigenvalue weighted by Gasteiger charge is -1.89. The first-order valence-corrected chi connectivity index (χ1v) is 7.12. The van der Waals surface area contributed by atoms with Crippen LogP contribution < -0.4 is 0 Å². The third kappa shape index (κ3) is 7.39. The zero-order valence-electron chi connectivity index (χ0n) is 14.1. The number of para-hydroxylation sites is 1. The molecule has 2 rings (SSSR count). The summed E-state index contributed by atoms with van der Waals surface area (Å²) in [6.45, 7) is 15.9. The molecule has 0 amide bonds. The van der Waals surface area contributed by atoms with Gasteiger partial charge in [0.05, 0.1) is 18.4 Å². The van der Waals surface area contributed by atoms with Crippen LogP contribution in [0.3, 0.4) is 0 Å². The summed E-state index contributed by atoms with van der Waals surface area (Å²) in [5, 5.41) is 8.38. The Morgan fingerprint density at radius 2 is 1.73 bits per heavy atom. The molecule has 2 nitrogen and oxygen atoms in total. The number of nitrogens with one attached hydrogen (secondary N) is 1. The number of benzene rings is 1. The maximum absolute atomic E-state index is 9.50. The normalized spacial score (nSPS) is 9.32. The molecule has 0 unspecified atom stereocenters. The number of hydrogen-bond acceptors (Lipinski definition) is 1. The second-order valence-corrected chi connectivity index (χ2v) is 3.56. The van der Waals surface area contributed by atoms with Gasteiger partial charge in [0.2, 0.25) is 0 Å². The summed E-state index contributed by atoms with van der Waals surface area (Å²) in [5.74, 6) is 0. The molecule has 1 aromatic heterocycles. The van der Waals surface area contributed by atoms with Crippen LogP contribution in [0.25, 0.3) is 17.0 Å². The lowest BCUT2D eigenvalue weighted by molar-refractivity contribution is 0.636. The molecule has 1 aromatic carbocycles. The van der Waals surface area contributed by atoms with Crippen molar-refractivity contribution in [3.8, 4) is 0 Å². The average molecular weight is 302 g/mol.